The van der Waals surface area contributed by atoms with Gasteiger partial charge >= 0.3 is 0 Å². The summed E-state index contributed by atoms with van der Waals surface area (Å²) in [5.41, 5.74) is 16.7. The van der Waals surface area contributed by atoms with E-state index in [0.29, 0.717) is 11.3 Å². The van der Waals surface area contributed by atoms with Crippen molar-refractivity contribution in [3.05, 3.63) is 241 Å². The Labute approximate surface area is 386 Å². The van der Waals surface area contributed by atoms with Crippen LogP contribution in [0.25, 0.3) is 121 Å². The number of para-hydroxylation sites is 4. The van der Waals surface area contributed by atoms with Crippen LogP contribution in [0.15, 0.2) is 224 Å². The maximum Gasteiger partial charge on any atom is 0.196 e. The highest BCUT2D eigenvalue weighted by Crippen LogP contribution is 2.48. The second-order valence-corrected chi connectivity index (χ2v) is 17.1. The number of fused-ring (bicyclic) bond motifs is 10. The van der Waals surface area contributed by atoms with E-state index in [-0.39, 0.29) is 0 Å². The molecule has 0 aliphatic heterocycles. The number of hydrogen-bond donors (Lipinski definition) is 0. The zero-order chi connectivity index (χ0) is 44.6. The average molecular weight is 852 g/mol. The topological polar surface area (TPSA) is 42.9 Å². The van der Waals surface area contributed by atoms with Gasteiger partial charge in [-0.2, -0.15) is 5.26 Å². The first-order chi connectivity index (χ1) is 33.2. The normalized spacial score (nSPS) is 11.6. The van der Waals surface area contributed by atoms with Crippen molar-refractivity contribution >= 4 is 71.1 Å². The molecule has 0 spiro atoms. The van der Waals surface area contributed by atoms with Gasteiger partial charge < -0.3 is 13.7 Å². The van der Waals surface area contributed by atoms with Crippen LogP contribution in [0.4, 0.5) is 5.69 Å². The lowest BCUT2D eigenvalue weighted by atomic mass is 9.90. The number of benzene rings is 10. The van der Waals surface area contributed by atoms with E-state index in [9.17, 15) is 5.26 Å². The maximum atomic E-state index is 9.83. The quantitative estimate of drug-likeness (QED) is 0.154. The molecule has 0 saturated carbocycles. The lowest BCUT2D eigenvalue weighted by molar-refractivity contribution is 1.17. The number of nitriles is 1. The van der Waals surface area contributed by atoms with E-state index >= 15 is 0 Å². The van der Waals surface area contributed by atoms with Crippen molar-refractivity contribution in [2.75, 3.05) is 0 Å². The second-order valence-electron chi connectivity index (χ2n) is 17.1. The molecule has 13 aromatic rings. The lowest BCUT2D eigenvalue weighted by Crippen LogP contribution is -2.02. The number of rotatable bonds is 6. The minimum atomic E-state index is 0.440. The summed E-state index contributed by atoms with van der Waals surface area (Å²) >= 11 is 0. The van der Waals surface area contributed by atoms with E-state index in [1.54, 1.807) is 6.07 Å². The molecule has 0 unspecified atom stereocenters. The van der Waals surface area contributed by atoms with Gasteiger partial charge in [0, 0.05) is 60.4 Å². The van der Waals surface area contributed by atoms with Crippen molar-refractivity contribution in [1.29, 1.82) is 5.26 Å². The summed E-state index contributed by atoms with van der Waals surface area (Å²) in [5.74, 6) is 0. The first-order valence-corrected chi connectivity index (χ1v) is 22.4. The summed E-state index contributed by atoms with van der Waals surface area (Å²) < 4.78 is 7.32. The average Bonchev–Trinajstić information content (AvgIpc) is 4.04. The third-order valence-corrected chi connectivity index (χ3v) is 13.5. The van der Waals surface area contributed by atoms with Gasteiger partial charge in [-0.25, -0.2) is 4.85 Å². The van der Waals surface area contributed by atoms with E-state index < -0.39 is 0 Å². The molecule has 5 nitrogen and oxygen atoms in total. The molecule has 10 aromatic carbocycles. The lowest BCUT2D eigenvalue weighted by Gasteiger charge is -2.22. The fraction of sp³-hybridized carbons (Fsp3) is 0. The van der Waals surface area contributed by atoms with Crippen LogP contribution in [0.2, 0.25) is 0 Å². The van der Waals surface area contributed by atoms with Crippen LogP contribution < -0.4 is 0 Å². The van der Waals surface area contributed by atoms with Crippen LogP contribution in [0.1, 0.15) is 5.56 Å². The molecule has 0 aliphatic rings. The minimum Gasteiger partial charge on any atom is -0.309 e. The Morgan fingerprint density at radius 2 is 0.896 bits per heavy atom. The van der Waals surface area contributed by atoms with E-state index in [0.717, 1.165) is 105 Å². The highest BCUT2D eigenvalue weighted by molar-refractivity contribution is 6.27. The van der Waals surface area contributed by atoms with Gasteiger partial charge in [0.25, 0.3) is 0 Å². The SMILES string of the molecule is [C-]#[N+]c1cc(C#N)ccc1-c1cc(-c2ccccc2)c(-n2c3ccc(-n4c5ccccc5c5ccccc54)cc3c3ccc4c(c5ccccc5n4-c4ccccc4)c32)c(-c2ccccc2)c1. The third-order valence-electron chi connectivity index (χ3n) is 13.5. The molecule has 310 valence electrons. The van der Waals surface area contributed by atoms with Crippen molar-refractivity contribution in [2.45, 2.75) is 0 Å². The Morgan fingerprint density at radius 3 is 1.51 bits per heavy atom. The Kier molecular flexibility index (Phi) is 8.58. The number of nitrogens with zero attached hydrogens (tertiary/aromatic N) is 5. The van der Waals surface area contributed by atoms with Crippen LogP contribution in [0.3, 0.4) is 0 Å². The molecule has 13 rings (SSSR count). The molecule has 0 radical (unpaired) electrons. The monoisotopic (exact) mass is 851 g/mol. The Hall–Kier alpha value is -9.42. The standard InChI is InChI=1S/C62H37N5/c1-64-54-35-40(39-63)29-31-46(54)43-36-51(41-17-5-2-6-18-41)61(52(37-43)42-19-7-3-8-20-42)67-58-33-30-45(66-55-26-14-11-23-47(55)48-24-12-15-27-56(48)66)38-53(58)49-32-34-59-60(62(49)67)50-25-13-16-28-57(50)65(59)44-21-9-4-10-22-44/h2-38H. The zero-order valence-electron chi connectivity index (χ0n) is 36.1. The van der Waals surface area contributed by atoms with Gasteiger partial charge in [0.05, 0.1) is 51.4 Å². The molecule has 0 fully saturated rings. The van der Waals surface area contributed by atoms with Crippen LogP contribution in [-0.4, -0.2) is 13.7 Å². The summed E-state index contributed by atoms with van der Waals surface area (Å²) in [6.07, 6.45) is 0. The molecular formula is C62H37N5. The van der Waals surface area contributed by atoms with Crippen LogP contribution in [0.5, 0.6) is 0 Å². The van der Waals surface area contributed by atoms with Crippen molar-refractivity contribution < 1.29 is 0 Å². The Bertz CT molecular complexity index is 4100. The molecule has 0 aliphatic carbocycles. The molecule has 5 heteroatoms. The second kappa shape index (κ2) is 15.1. The van der Waals surface area contributed by atoms with Gasteiger partial charge in [-0.05, 0) is 101 Å². The first kappa shape index (κ1) is 38.1. The van der Waals surface area contributed by atoms with Crippen LogP contribution >= 0.6 is 0 Å². The smallest absolute Gasteiger partial charge is 0.196 e. The predicted octanol–water partition coefficient (Wildman–Crippen LogP) is 16.4. The summed E-state index contributed by atoms with van der Waals surface area (Å²) in [6.45, 7) is 8.25. The van der Waals surface area contributed by atoms with E-state index in [2.05, 4.69) is 231 Å². The van der Waals surface area contributed by atoms with E-state index in [1.807, 2.05) is 12.1 Å². The highest BCUT2D eigenvalue weighted by atomic mass is 15.0. The van der Waals surface area contributed by atoms with Crippen LogP contribution in [-0.2, 0) is 0 Å². The largest absolute Gasteiger partial charge is 0.309 e. The van der Waals surface area contributed by atoms with Gasteiger partial charge in [0.2, 0.25) is 0 Å². The number of hydrogen-bond acceptors (Lipinski definition) is 1. The maximum absolute atomic E-state index is 9.83. The fourth-order valence-electron chi connectivity index (χ4n) is 10.6. The van der Waals surface area contributed by atoms with E-state index in [4.69, 9.17) is 6.57 Å². The molecule has 0 bridgehead atoms. The predicted molar refractivity (Wildman–Crippen MR) is 277 cm³/mol. The summed E-state index contributed by atoms with van der Waals surface area (Å²) in [7, 11) is 0. The summed E-state index contributed by atoms with van der Waals surface area (Å²) in [6, 6.07) is 81.7. The van der Waals surface area contributed by atoms with Gasteiger partial charge in [-0.3, -0.25) is 0 Å². The Morgan fingerprint density at radius 1 is 0.373 bits per heavy atom. The van der Waals surface area contributed by atoms with Gasteiger partial charge in [0.15, 0.2) is 5.69 Å². The van der Waals surface area contributed by atoms with Gasteiger partial charge in [-0.1, -0.05) is 146 Å². The Balaban J connectivity index is 1.23. The number of aromatic nitrogens is 3. The molecule has 0 saturated heterocycles. The first-order valence-electron chi connectivity index (χ1n) is 22.4. The minimum absolute atomic E-state index is 0.440. The van der Waals surface area contributed by atoms with Crippen LogP contribution in [0, 0.1) is 17.9 Å². The van der Waals surface area contributed by atoms with Crippen molar-refractivity contribution in [2.24, 2.45) is 0 Å². The van der Waals surface area contributed by atoms with Gasteiger partial charge in [0.1, 0.15) is 0 Å². The van der Waals surface area contributed by atoms with Crippen molar-refractivity contribution in [3.8, 4) is 56.5 Å². The van der Waals surface area contributed by atoms with E-state index in [1.165, 1.54) is 10.8 Å². The summed E-state index contributed by atoms with van der Waals surface area (Å²) in [4.78, 5) is 3.96. The molecule has 0 N–H and O–H groups in total. The molecule has 67 heavy (non-hydrogen) atoms. The molecule has 0 amide bonds. The van der Waals surface area contributed by atoms with Gasteiger partial charge in [-0.15, -0.1) is 0 Å². The summed E-state index contributed by atoms with van der Waals surface area (Å²) in [5, 5.41) is 16.9. The zero-order valence-corrected chi connectivity index (χ0v) is 36.1. The molecule has 0 atom stereocenters. The van der Waals surface area contributed by atoms with Crippen molar-refractivity contribution in [3.63, 3.8) is 0 Å². The molecule has 3 aromatic heterocycles. The molecular weight excluding hydrogens is 815 g/mol. The fourth-order valence-corrected chi connectivity index (χ4v) is 10.6. The molecule has 3 heterocycles. The third kappa shape index (κ3) is 5.79. The highest BCUT2D eigenvalue weighted by Gasteiger charge is 2.26. The van der Waals surface area contributed by atoms with Crippen molar-refractivity contribution in [1.82, 2.24) is 13.7 Å².